The number of nitrogens with one attached hydrogen (secondary N) is 1. The molecule has 156 valence electrons. The lowest BCUT2D eigenvalue weighted by molar-refractivity contribution is -0.121. The van der Waals surface area contributed by atoms with Crippen LogP contribution in [0.25, 0.3) is 0 Å². The van der Waals surface area contributed by atoms with E-state index < -0.39 is 0 Å². The van der Waals surface area contributed by atoms with E-state index in [1.807, 2.05) is 16.3 Å². The Labute approximate surface area is 176 Å². The van der Waals surface area contributed by atoms with E-state index in [0.29, 0.717) is 24.3 Å². The Morgan fingerprint density at radius 1 is 1.14 bits per heavy atom. The minimum atomic E-state index is -0.182. The smallest absolute Gasteiger partial charge is 0.255 e. The predicted octanol–water partition coefficient (Wildman–Crippen LogP) is 4.56. The van der Waals surface area contributed by atoms with Gasteiger partial charge in [-0.15, -0.1) is 11.3 Å². The molecule has 2 aromatic rings. The molecule has 29 heavy (non-hydrogen) atoms. The molecule has 3 heterocycles. The molecule has 2 amide bonds. The number of piperidine rings is 1. The minimum absolute atomic E-state index is 0.0369. The maximum Gasteiger partial charge on any atom is 0.255 e. The van der Waals surface area contributed by atoms with Crippen LogP contribution in [0, 0.1) is 19.8 Å². The summed E-state index contributed by atoms with van der Waals surface area (Å²) in [5, 5.41) is 5.35. The van der Waals surface area contributed by atoms with Gasteiger partial charge in [-0.25, -0.2) is 4.98 Å². The Morgan fingerprint density at radius 3 is 2.66 bits per heavy atom. The lowest BCUT2D eigenvalue weighted by atomic mass is 9.95. The molecule has 1 aliphatic heterocycles. The lowest BCUT2D eigenvalue weighted by Gasteiger charge is -2.32. The standard InChI is InChI=1S/C22H30N4O2S/c1-15-13-19(16(2)26(15)18-8-4-3-5-9-18)21(28)25-11-6-7-17(14-25)20(27)24-22-23-10-12-29-22/h10,12-13,17-18H,3-9,11,14H2,1-2H3,(H,23,24,27). The molecule has 4 rings (SSSR count). The number of aromatic nitrogens is 2. The number of hydrogen-bond donors (Lipinski definition) is 1. The molecule has 1 atom stereocenters. The molecule has 2 aromatic heterocycles. The molecule has 1 saturated carbocycles. The van der Waals surface area contributed by atoms with Gasteiger partial charge in [0.2, 0.25) is 5.91 Å². The van der Waals surface area contributed by atoms with E-state index in [-0.39, 0.29) is 17.7 Å². The van der Waals surface area contributed by atoms with Gasteiger partial charge >= 0.3 is 0 Å². The third kappa shape index (κ3) is 4.25. The van der Waals surface area contributed by atoms with Crippen LogP contribution in [-0.4, -0.2) is 39.4 Å². The summed E-state index contributed by atoms with van der Waals surface area (Å²) < 4.78 is 2.38. The van der Waals surface area contributed by atoms with Gasteiger partial charge in [0.15, 0.2) is 5.13 Å². The van der Waals surface area contributed by atoms with Crippen molar-refractivity contribution in [2.45, 2.75) is 64.8 Å². The maximum atomic E-state index is 13.3. The van der Waals surface area contributed by atoms with Crippen molar-refractivity contribution >= 4 is 28.3 Å². The highest BCUT2D eigenvalue weighted by Gasteiger charge is 2.31. The average molecular weight is 415 g/mol. The molecule has 2 aliphatic rings. The summed E-state index contributed by atoms with van der Waals surface area (Å²) in [7, 11) is 0. The molecule has 0 bridgehead atoms. The van der Waals surface area contributed by atoms with Crippen LogP contribution >= 0.6 is 11.3 Å². The summed E-state index contributed by atoms with van der Waals surface area (Å²) >= 11 is 1.41. The average Bonchev–Trinajstić information content (AvgIpc) is 3.35. The van der Waals surface area contributed by atoms with E-state index in [0.717, 1.165) is 24.1 Å². The van der Waals surface area contributed by atoms with Crippen molar-refractivity contribution in [3.8, 4) is 0 Å². The highest BCUT2D eigenvalue weighted by Crippen LogP contribution is 2.33. The molecule has 6 nitrogen and oxygen atoms in total. The summed E-state index contributed by atoms with van der Waals surface area (Å²) in [6.07, 6.45) is 9.60. The van der Waals surface area contributed by atoms with E-state index in [1.54, 1.807) is 6.20 Å². The fourth-order valence-corrected chi connectivity index (χ4v) is 5.47. The molecule has 0 aromatic carbocycles. The number of likely N-dealkylation sites (tertiary alicyclic amines) is 1. The van der Waals surface area contributed by atoms with Gasteiger partial charge in [-0.05, 0) is 45.6 Å². The van der Waals surface area contributed by atoms with Crippen molar-refractivity contribution in [1.29, 1.82) is 0 Å². The first-order valence-corrected chi connectivity index (χ1v) is 11.6. The van der Waals surface area contributed by atoms with Crippen molar-refractivity contribution in [3.05, 3.63) is 34.6 Å². The summed E-state index contributed by atoms with van der Waals surface area (Å²) in [4.78, 5) is 31.9. The molecule has 7 heteroatoms. The number of aryl methyl sites for hydroxylation is 1. The first-order valence-electron chi connectivity index (χ1n) is 10.7. The van der Waals surface area contributed by atoms with E-state index in [2.05, 4.69) is 28.7 Å². The number of carbonyl (C=O) groups is 2. The first kappa shape index (κ1) is 20.1. The van der Waals surface area contributed by atoms with Crippen molar-refractivity contribution in [2.24, 2.45) is 5.92 Å². The van der Waals surface area contributed by atoms with Crippen LogP contribution in [-0.2, 0) is 4.79 Å². The summed E-state index contributed by atoms with van der Waals surface area (Å²) in [6.45, 7) is 5.38. The second-order valence-electron chi connectivity index (χ2n) is 8.36. The van der Waals surface area contributed by atoms with Crippen LogP contribution in [0.15, 0.2) is 17.6 Å². The lowest BCUT2D eigenvalue weighted by Crippen LogP contribution is -2.43. The van der Waals surface area contributed by atoms with Crippen LogP contribution in [0.5, 0.6) is 0 Å². The van der Waals surface area contributed by atoms with Crippen LogP contribution in [0.4, 0.5) is 5.13 Å². The van der Waals surface area contributed by atoms with Gasteiger partial charge in [-0.2, -0.15) is 0 Å². The second kappa shape index (κ2) is 8.69. The van der Waals surface area contributed by atoms with E-state index in [4.69, 9.17) is 0 Å². The Hall–Kier alpha value is -2.15. The van der Waals surface area contributed by atoms with E-state index in [9.17, 15) is 9.59 Å². The van der Waals surface area contributed by atoms with Crippen LogP contribution < -0.4 is 5.32 Å². The Bertz CT molecular complexity index is 868. The quantitative estimate of drug-likeness (QED) is 0.798. The number of thiazole rings is 1. The fourth-order valence-electron chi connectivity index (χ4n) is 4.93. The third-order valence-corrected chi connectivity index (χ3v) is 7.08. The van der Waals surface area contributed by atoms with Crippen molar-refractivity contribution in [3.63, 3.8) is 0 Å². The highest BCUT2D eigenvalue weighted by molar-refractivity contribution is 7.13. The molecular formula is C22H30N4O2S. The third-order valence-electron chi connectivity index (χ3n) is 6.40. The Morgan fingerprint density at radius 2 is 1.93 bits per heavy atom. The highest BCUT2D eigenvalue weighted by atomic mass is 32.1. The molecule has 1 N–H and O–H groups in total. The molecule has 1 aliphatic carbocycles. The van der Waals surface area contributed by atoms with E-state index >= 15 is 0 Å². The van der Waals surface area contributed by atoms with Crippen LogP contribution in [0.2, 0.25) is 0 Å². The predicted molar refractivity (Wildman–Crippen MR) is 115 cm³/mol. The fraction of sp³-hybridized carbons (Fsp3) is 0.591. The molecule has 0 spiro atoms. The number of rotatable bonds is 4. The zero-order valence-corrected chi connectivity index (χ0v) is 18.1. The summed E-state index contributed by atoms with van der Waals surface area (Å²) in [5.74, 6) is -0.157. The Kier molecular flexibility index (Phi) is 6.04. The first-order chi connectivity index (χ1) is 14.0. The Balaban J connectivity index is 1.47. The largest absolute Gasteiger partial charge is 0.345 e. The normalized spacial score (nSPS) is 20.6. The molecular weight excluding hydrogens is 384 g/mol. The van der Waals surface area contributed by atoms with Crippen molar-refractivity contribution in [1.82, 2.24) is 14.5 Å². The van der Waals surface area contributed by atoms with Crippen molar-refractivity contribution < 1.29 is 9.59 Å². The molecule has 0 radical (unpaired) electrons. The van der Waals surface area contributed by atoms with Gasteiger partial charge in [0.1, 0.15) is 0 Å². The van der Waals surface area contributed by atoms with Crippen LogP contribution in [0.3, 0.4) is 0 Å². The summed E-state index contributed by atoms with van der Waals surface area (Å²) in [5.41, 5.74) is 3.05. The number of amides is 2. The van der Waals surface area contributed by atoms with Crippen LogP contribution in [0.1, 0.15) is 72.7 Å². The summed E-state index contributed by atoms with van der Waals surface area (Å²) in [6, 6.07) is 2.56. The van der Waals surface area contributed by atoms with Gasteiger partial charge < -0.3 is 14.8 Å². The van der Waals surface area contributed by atoms with Gasteiger partial charge in [-0.1, -0.05) is 19.3 Å². The molecule has 2 fully saturated rings. The van der Waals surface area contributed by atoms with Gasteiger partial charge in [0.05, 0.1) is 11.5 Å². The number of carbonyl (C=O) groups excluding carboxylic acids is 2. The van der Waals surface area contributed by atoms with E-state index in [1.165, 1.54) is 49.1 Å². The zero-order chi connectivity index (χ0) is 20.4. The molecule has 1 saturated heterocycles. The van der Waals surface area contributed by atoms with Gasteiger partial charge in [-0.3, -0.25) is 9.59 Å². The number of anilines is 1. The van der Waals surface area contributed by atoms with Gasteiger partial charge in [0, 0.05) is 42.1 Å². The van der Waals surface area contributed by atoms with Crippen molar-refractivity contribution in [2.75, 3.05) is 18.4 Å². The number of nitrogens with zero attached hydrogens (tertiary/aromatic N) is 3. The SMILES string of the molecule is Cc1cc(C(=O)N2CCCC(C(=O)Nc3nccs3)C2)c(C)n1C1CCCCC1. The number of hydrogen-bond acceptors (Lipinski definition) is 4. The zero-order valence-electron chi connectivity index (χ0n) is 17.3. The topological polar surface area (TPSA) is 67.2 Å². The maximum absolute atomic E-state index is 13.3. The minimum Gasteiger partial charge on any atom is -0.345 e. The monoisotopic (exact) mass is 414 g/mol. The molecule has 1 unspecified atom stereocenters. The second-order valence-corrected chi connectivity index (χ2v) is 9.26. The van der Waals surface area contributed by atoms with Gasteiger partial charge in [0.25, 0.3) is 5.91 Å².